The zero-order valence-corrected chi connectivity index (χ0v) is 13.7. The van der Waals surface area contributed by atoms with E-state index in [0.717, 1.165) is 10.6 Å². The SMILES string of the molecule is Cc1[nH]c(=S)sc1CC(=O)Nc1ccc(F)cc1I. The van der Waals surface area contributed by atoms with Gasteiger partial charge in [0.2, 0.25) is 5.91 Å². The largest absolute Gasteiger partial charge is 0.341 e. The molecule has 0 saturated carbocycles. The fourth-order valence-corrected chi connectivity index (χ4v) is 3.44. The number of carbonyl (C=O) groups is 1. The van der Waals surface area contributed by atoms with Crippen molar-refractivity contribution in [3.05, 3.63) is 42.1 Å². The van der Waals surface area contributed by atoms with Gasteiger partial charge < -0.3 is 10.3 Å². The first-order valence-electron chi connectivity index (χ1n) is 5.39. The number of thiazole rings is 1. The predicted octanol–water partition coefficient (Wildman–Crippen LogP) is 4.04. The summed E-state index contributed by atoms with van der Waals surface area (Å²) < 4.78 is 14.3. The number of amides is 1. The third-order valence-electron chi connectivity index (χ3n) is 2.45. The van der Waals surface area contributed by atoms with Crippen LogP contribution in [0.15, 0.2) is 18.2 Å². The van der Waals surface area contributed by atoms with E-state index in [4.69, 9.17) is 12.2 Å². The molecule has 0 bridgehead atoms. The van der Waals surface area contributed by atoms with E-state index in [9.17, 15) is 9.18 Å². The number of benzene rings is 1. The van der Waals surface area contributed by atoms with Crippen molar-refractivity contribution in [2.24, 2.45) is 0 Å². The van der Waals surface area contributed by atoms with Gasteiger partial charge in [0.15, 0.2) is 3.95 Å². The van der Waals surface area contributed by atoms with Gasteiger partial charge in [0.1, 0.15) is 5.82 Å². The topological polar surface area (TPSA) is 44.9 Å². The van der Waals surface area contributed by atoms with E-state index in [0.29, 0.717) is 13.2 Å². The summed E-state index contributed by atoms with van der Waals surface area (Å²) in [6, 6.07) is 4.26. The number of carbonyl (C=O) groups excluding carboxylic acids is 1. The summed E-state index contributed by atoms with van der Waals surface area (Å²) in [5.74, 6) is -0.459. The number of hydrogen-bond acceptors (Lipinski definition) is 3. The second kappa shape index (κ2) is 6.10. The Morgan fingerprint density at radius 2 is 2.32 bits per heavy atom. The zero-order chi connectivity index (χ0) is 14.0. The average molecular weight is 408 g/mol. The van der Waals surface area contributed by atoms with Crippen LogP contribution in [-0.4, -0.2) is 10.9 Å². The molecule has 0 atom stereocenters. The summed E-state index contributed by atoms with van der Waals surface area (Å²) >= 11 is 8.41. The molecule has 0 aliphatic rings. The van der Waals surface area contributed by atoms with Crippen molar-refractivity contribution in [3.8, 4) is 0 Å². The lowest BCUT2D eigenvalue weighted by Crippen LogP contribution is -2.15. The number of aromatic nitrogens is 1. The van der Waals surface area contributed by atoms with Crippen LogP contribution >= 0.6 is 46.1 Å². The maximum absolute atomic E-state index is 13.0. The number of hydrogen-bond donors (Lipinski definition) is 2. The minimum Gasteiger partial charge on any atom is -0.341 e. The van der Waals surface area contributed by atoms with E-state index in [1.54, 1.807) is 6.07 Å². The second-order valence-corrected chi connectivity index (χ2v) is 6.85. The van der Waals surface area contributed by atoms with Gasteiger partial charge in [-0.2, -0.15) is 0 Å². The molecule has 1 heterocycles. The van der Waals surface area contributed by atoms with Gasteiger partial charge in [-0.1, -0.05) is 0 Å². The number of halogens is 2. The molecule has 2 aromatic rings. The van der Waals surface area contributed by atoms with E-state index in [2.05, 4.69) is 10.3 Å². The van der Waals surface area contributed by atoms with Crippen molar-refractivity contribution in [1.29, 1.82) is 0 Å². The molecule has 19 heavy (non-hydrogen) atoms. The molecule has 0 saturated heterocycles. The summed E-state index contributed by atoms with van der Waals surface area (Å²) in [5, 5.41) is 2.77. The van der Waals surface area contributed by atoms with Crippen LogP contribution < -0.4 is 5.32 Å². The van der Waals surface area contributed by atoms with E-state index in [1.165, 1.54) is 23.5 Å². The molecule has 100 valence electrons. The Kier molecular flexibility index (Phi) is 4.69. The highest BCUT2D eigenvalue weighted by Crippen LogP contribution is 2.20. The molecule has 7 heteroatoms. The van der Waals surface area contributed by atoms with Crippen LogP contribution in [0.3, 0.4) is 0 Å². The van der Waals surface area contributed by atoms with Crippen molar-refractivity contribution < 1.29 is 9.18 Å². The molecule has 0 aliphatic heterocycles. The standard InChI is InChI=1S/C12H10FIN2OS2/c1-6-10(19-12(18)15-6)5-11(17)16-9-3-2-7(13)4-8(9)14/h2-4H,5H2,1H3,(H,15,18)(H,16,17). The number of aromatic amines is 1. The zero-order valence-electron chi connectivity index (χ0n) is 9.92. The van der Waals surface area contributed by atoms with Crippen LogP contribution in [0.1, 0.15) is 10.6 Å². The van der Waals surface area contributed by atoms with Crippen molar-refractivity contribution >= 4 is 57.7 Å². The van der Waals surface area contributed by atoms with Crippen LogP contribution in [0, 0.1) is 20.3 Å². The Bertz CT molecular complexity index is 681. The van der Waals surface area contributed by atoms with Gasteiger partial charge in [-0.05, 0) is 59.9 Å². The Hall–Kier alpha value is -0.800. The fraction of sp³-hybridized carbons (Fsp3) is 0.167. The molecule has 1 aromatic heterocycles. The first-order chi connectivity index (χ1) is 8.95. The number of rotatable bonds is 3. The minimum absolute atomic E-state index is 0.141. The van der Waals surface area contributed by atoms with Crippen LogP contribution in [0.5, 0.6) is 0 Å². The van der Waals surface area contributed by atoms with Gasteiger partial charge in [-0.15, -0.1) is 11.3 Å². The van der Waals surface area contributed by atoms with Gasteiger partial charge in [0.05, 0.1) is 12.1 Å². The average Bonchev–Trinajstić information content (AvgIpc) is 2.61. The first kappa shape index (κ1) is 14.6. The summed E-state index contributed by atoms with van der Waals surface area (Å²) in [7, 11) is 0. The lowest BCUT2D eigenvalue weighted by molar-refractivity contribution is -0.115. The quantitative estimate of drug-likeness (QED) is 0.595. The van der Waals surface area contributed by atoms with Crippen LogP contribution in [-0.2, 0) is 11.2 Å². The van der Waals surface area contributed by atoms with Gasteiger partial charge >= 0.3 is 0 Å². The molecule has 0 radical (unpaired) electrons. The minimum atomic E-state index is -0.318. The molecule has 0 aliphatic carbocycles. The highest BCUT2D eigenvalue weighted by molar-refractivity contribution is 14.1. The first-order valence-corrected chi connectivity index (χ1v) is 7.69. The monoisotopic (exact) mass is 408 g/mol. The van der Waals surface area contributed by atoms with Crippen molar-refractivity contribution in [3.63, 3.8) is 0 Å². The van der Waals surface area contributed by atoms with Gasteiger partial charge in [-0.3, -0.25) is 4.79 Å². The van der Waals surface area contributed by atoms with Gasteiger partial charge in [-0.25, -0.2) is 4.39 Å². The van der Waals surface area contributed by atoms with Crippen LogP contribution in [0.2, 0.25) is 0 Å². The Morgan fingerprint density at radius 1 is 1.58 bits per heavy atom. The van der Waals surface area contributed by atoms with Crippen molar-refractivity contribution in [1.82, 2.24) is 4.98 Å². The molecule has 1 aromatic carbocycles. The molecular formula is C12H10FIN2OS2. The highest BCUT2D eigenvalue weighted by Gasteiger charge is 2.10. The van der Waals surface area contributed by atoms with E-state index < -0.39 is 0 Å². The van der Waals surface area contributed by atoms with Gasteiger partial charge in [0.25, 0.3) is 0 Å². The molecule has 0 spiro atoms. The van der Waals surface area contributed by atoms with E-state index >= 15 is 0 Å². The molecule has 3 nitrogen and oxygen atoms in total. The predicted molar refractivity (Wildman–Crippen MR) is 85.7 cm³/mol. The third kappa shape index (κ3) is 3.83. The summed E-state index contributed by atoms with van der Waals surface area (Å²) in [6.07, 6.45) is 0.261. The smallest absolute Gasteiger partial charge is 0.229 e. The number of anilines is 1. The Labute approximate surface area is 132 Å². The summed E-state index contributed by atoms with van der Waals surface area (Å²) in [5.41, 5.74) is 1.53. The lowest BCUT2D eigenvalue weighted by atomic mass is 10.2. The molecule has 2 rings (SSSR count). The van der Waals surface area contributed by atoms with Gasteiger partial charge in [0, 0.05) is 14.1 Å². The normalized spacial score (nSPS) is 10.5. The molecular weight excluding hydrogens is 398 g/mol. The Balaban J connectivity index is 2.09. The summed E-state index contributed by atoms with van der Waals surface area (Å²) in [6.45, 7) is 1.89. The summed E-state index contributed by atoms with van der Waals surface area (Å²) in [4.78, 5) is 15.8. The highest BCUT2D eigenvalue weighted by atomic mass is 127. The molecule has 0 fully saturated rings. The molecule has 2 N–H and O–H groups in total. The fourth-order valence-electron chi connectivity index (χ4n) is 1.54. The van der Waals surface area contributed by atoms with Crippen LogP contribution in [0.25, 0.3) is 0 Å². The second-order valence-electron chi connectivity index (χ2n) is 3.91. The van der Waals surface area contributed by atoms with Crippen molar-refractivity contribution in [2.75, 3.05) is 5.32 Å². The van der Waals surface area contributed by atoms with E-state index in [-0.39, 0.29) is 18.1 Å². The number of H-pyrrole nitrogens is 1. The maximum atomic E-state index is 13.0. The number of aryl methyl sites for hydroxylation is 1. The lowest BCUT2D eigenvalue weighted by Gasteiger charge is -2.07. The Morgan fingerprint density at radius 3 is 2.89 bits per heavy atom. The van der Waals surface area contributed by atoms with Crippen molar-refractivity contribution in [2.45, 2.75) is 13.3 Å². The molecule has 1 amide bonds. The molecule has 0 unspecified atom stereocenters. The third-order valence-corrected chi connectivity index (χ3v) is 4.68. The maximum Gasteiger partial charge on any atom is 0.229 e. The van der Waals surface area contributed by atoms with E-state index in [1.807, 2.05) is 29.5 Å². The van der Waals surface area contributed by atoms with Crippen LogP contribution in [0.4, 0.5) is 10.1 Å². The number of nitrogens with one attached hydrogen (secondary N) is 2.